The van der Waals surface area contributed by atoms with Crippen LogP contribution in [0.1, 0.15) is 42.9 Å². The normalized spacial score (nSPS) is 11.1. The number of aromatic nitrogens is 1. The van der Waals surface area contributed by atoms with E-state index in [2.05, 4.69) is 30.2 Å². The molecule has 0 aliphatic rings. The highest BCUT2D eigenvalue weighted by Crippen LogP contribution is 2.20. The van der Waals surface area contributed by atoms with Gasteiger partial charge in [-0.15, -0.1) is 0 Å². The minimum absolute atomic E-state index is 0.136. The molecule has 1 amide bonds. The van der Waals surface area contributed by atoms with Gasteiger partial charge in [0.25, 0.3) is 5.56 Å². The maximum absolute atomic E-state index is 13.6. The lowest BCUT2D eigenvalue weighted by molar-refractivity contribution is -0.121. The molecular weight excluding hydrogens is 343 g/mol. The lowest BCUT2D eigenvalue weighted by Crippen LogP contribution is -2.24. The Labute approximate surface area is 157 Å². The van der Waals surface area contributed by atoms with Crippen molar-refractivity contribution in [1.82, 2.24) is 10.3 Å². The predicted molar refractivity (Wildman–Crippen MR) is 105 cm³/mol. The quantitative estimate of drug-likeness (QED) is 0.692. The summed E-state index contributed by atoms with van der Waals surface area (Å²) in [5.41, 5.74) is 2.82. The van der Waals surface area contributed by atoms with E-state index in [1.165, 1.54) is 11.6 Å². The van der Waals surface area contributed by atoms with Crippen LogP contribution in [0.5, 0.6) is 0 Å². The zero-order valence-corrected chi connectivity index (χ0v) is 15.5. The van der Waals surface area contributed by atoms with E-state index in [1.54, 1.807) is 18.2 Å². The van der Waals surface area contributed by atoms with Crippen molar-refractivity contribution >= 4 is 16.8 Å². The van der Waals surface area contributed by atoms with Gasteiger partial charge in [-0.05, 0) is 47.6 Å². The summed E-state index contributed by atoms with van der Waals surface area (Å²) in [5, 5.41) is 3.66. The van der Waals surface area contributed by atoms with Crippen molar-refractivity contribution in [2.24, 2.45) is 0 Å². The average Bonchev–Trinajstić information content (AvgIpc) is 2.65. The second kappa shape index (κ2) is 8.16. The van der Waals surface area contributed by atoms with Gasteiger partial charge in [-0.3, -0.25) is 9.59 Å². The van der Waals surface area contributed by atoms with Crippen molar-refractivity contribution in [3.05, 3.63) is 81.4 Å². The summed E-state index contributed by atoms with van der Waals surface area (Å²) in [4.78, 5) is 27.2. The van der Waals surface area contributed by atoms with Crippen LogP contribution in [-0.4, -0.2) is 10.9 Å². The van der Waals surface area contributed by atoms with Gasteiger partial charge in [0.15, 0.2) is 0 Å². The molecular formula is C22H23FN2O2. The Morgan fingerprint density at radius 1 is 1.11 bits per heavy atom. The van der Waals surface area contributed by atoms with Gasteiger partial charge in [-0.2, -0.15) is 0 Å². The molecule has 1 aromatic heterocycles. The van der Waals surface area contributed by atoms with Gasteiger partial charge < -0.3 is 10.3 Å². The first-order valence-electron chi connectivity index (χ1n) is 9.10. The van der Waals surface area contributed by atoms with Crippen LogP contribution in [0.15, 0.2) is 53.3 Å². The number of amides is 1. The first kappa shape index (κ1) is 18.8. The summed E-state index contributed by atoms with van der Waals surface area (Å²) in [6, 6.07) is 14.2. The molecule has 0 fully saturated rings. The average molecular weight is 366 g/mol. The van der Waals surface area contributed by atoms with E-state index in [0.29, 0.717) is 23.5 Å². The Bertz CT molecular complexity index is 1020. The van der Waals surface area contributed by atoms with Crippen LogP contribution in [0, 0.1) is 5.82 Å². The van der Waals surface area contributed by atoms with Gasteiger partial charge in [0, 0.05) is 29.6 Å². The molecule has 0 atom stereocenters. The molecule has 0 saturated heterocycles. The van der Waals surface area contributed by atoms with Crippen molar-refractivity contribution in [3.8, 4) is 0 Å². The number of hydrogen-bond acceptors (Lipinski definition) is 2. The Morgan fingerprint density at radius 3 is 2.63 bits per heavy atom. The third kappa shape index (κ3) is 4.61. The van der Waals surface area contributed by atoms with E-state index in [0.717, 1.165) is 10.9 Å². The lowest BCUT2D eigenvalue weighted by atomic mass is 10.00. The van der Waals surface area contributed by atoms with Crippen LogP contribution in [0.3, 0.4) is 0 Å². The highest BCUT2D eigenvalue weighted by molar-refractivity contribution is 5.80. The van der Waals surface area contributed by atoms with E-state index >= 15 is 0 Å². The van der Waals surface area contributed by atoms with Crippen molar-refractivity contribution in [2.45, 2.75) is 39.2 Å². The zero-order valence-electron chi connectivity index (χ0n) is 15.5. The highest BCUT2D eigenvalue weighted by atomic mass is 19.1. The first-order chi connectivity index (χ1) is 12.9. The number of hydrogen-bond donors (Lipinski definition) is 2. The summed E-state index contributed by atoms with van der Waals surface area (Å²) >= 11 is 0. The largest absolute Gasteiger partial charge is 0.352 e. The minimum Gasteiger partial charge on any atom is -0.352 e. The number of carbonyl (C=O) groups is 1. The molecule has 0 radical (unpaired) electrons. The second-order valence-corrected chi connectivity index (χ2v) is 6.99. The van der Waals surface area contributed by atoms with Crippen LogP contribution in [-0.2, 0) is 17.8 Å². The first-order valence-corrected chi connectivity index (χ1v) is 9.10. The Balaban J connectivity index is 1.67. The number of benzene rings is 2. The number of rotatable bonds is 6. The predicted octanol–water partition coefficient (Wildman–Crippen LogP) is 4.04. The molecule has 0 saturated carbocycles. The Hall–Kier alpha value is -2.95. The van der Waals surface area contributed by atoms with Crippen molar-refractivity contribution in [3.63, 3.8) is 0 Å². The molecule has 5 heteroatoms. The number of fused-ring (bicyclic) bond motifs is 1. The molecule has 4 nitrogen and oxygen atoms in total. The number of H-pyrrole nitrogens is 1. The maximum atomic E-state index is 13.6. The SMILES string of the molecule is CC(C)c1ccc2[nH]c(=O)c(CCC(=O)NCc3ccccc3F)cc2c1. The van der Waals surface area contributed by atoms with Gasteiger partial charge >= 0.3 is 0 Å². The van der Waals surface area contributed by atoms with Gasteiger partial charge in [-0.1, -0.05) is 38.1 Å². The molecule has 3 aromatic rings. The summed E-state index contributed by atoms with van der Waals surface area (Å²) in [5.74, 6) is -0.160. The van der Waals surface area contributed by atoms with Gasteiger partial charge in [0.1, 0.15) is 5.82 Å². The molecule has 2 N–H and O–H groups in total. The van der Waals surface area contributed by atoms with Crippen LogP contribution in [0.2, 0.25) is 0 Å². The fourth-order valence-corrected chi connectivity index (χ4v) is 2.99. The van der Waals surface area contributed by atoms with E-state index in [4.69, 9.17) is 0 Å². The van der Waals surface area contributed by atoms with Crippen LogP contribution in [0.25, 0.3) is 10.9 Å². The number of aryl methyl sites for hydroxylation is 1. The molecule has 2 aromatic carbocycles. The topological polar surface area (TPSA) is 62.0 Å². The smallest absolute Gasteiger partial charge is 0.251 e. The van der Waals surface area contributed by atoms with Crippen LogP contribution < -0.4 is 10.9 Å². The van der Waals surface area contributed by atoms with Crippen LogP contribution >= 0.6 is 0 Å². The summed E-state index contributed by atoms with van der Waals surface area (Å²) in [6.07, 6.45) is 0.507. The van der Waals surface area contributed by atoms with Crippen molar-refractivity contribution in [2.75, 3.05) is 0 Å². The fourth-order valence-electron chi connectivity index (χ4n) is 2.99. The molecule has 0 spiro atoms. The van der Waals surface area contributed by atoms with Gasteiger partial charge in [0.2, 0.25) is 5.91 Å². The summed E-state index contributed by atoms with van der Waals surface area (Å²) in [7, 11) is 0. The highest BCUT2D eigenvalue weighted by Gasteiger charge is 2.09. The minimum atomic E-state index is -0.343. The van der Waals surface area contributed by atoms with E-state index < -0.39 is 0 Å². The maximum Gasteiger partial charge on any atom is 0.251 e. The third-order valence-corrected chi connectivity index (χ3v) is 4.67. The molecule has 0 unspecified atom stereocenters. The molecule has 27 heavy (non-hydrogen) atoms. The number of nitrogens with one attached hydrogen (secondary N) is 2. The second-order valence-electron chi connectivity index (χ2n) is 6.99. The number of pyridine rings is 1. The van der Waals surface area contributed by atoms with Crippen molar-refractivity contribution < 1.29 is 9.18 Å². The zero-order chi connectivity index (χ0) is 19.4. The monoisotopic (exact) mass is 366 g/mol. The number of aromatic amines is 1. The molecule has 3 rings (SSSR count). The Kier molecular flexibility index (Phi) is 5.69. The molecule has 0 bridgehead atoms. The summed E-state index contributed by atoms with van der Waals surface area (Å²) in [6.45, 7) is 4.37. The number of halogens is 1. The Morgan fingerprint density at radius 2 is 1.89 bits per heavy atom. The third-order valence-electron chi connectivity index (χ3n) is 4.67. The molecule has 1 heterocycles. The van der Waals surface area contributed by atoms with Gasteiger partial charge in [-0.25, -0.2) is 4.39 Å². The fraction of sp³-hybridized carbons (Fsp3) is 0.273. The van der Waals surface area contributed by atoms with Crippen LogP contribution in [0.4, 0.5) is 4.39 Å². The van der Waals surface area contributed by atoms with E-state index in [-0.39, 0.29) is 30.2 Å². The standard InChI is InChI=1S/C22H23FN2O2/c1-14(2)15-7-9-20-18(11-15)12-16(22(27)25-20)8-10-21(26)24-13-17-5-3-4-6-19(17)23/h3-7,9,11-12,14H,8,10,13H2,1-2H3,(H,24,26)(H,25,27). The molecule has 140 valence electrons. The van der Waals surface area contributed by atoms with Gasteiger partial charge in [0.05, 0.1) is 0 Å². The summed E-state index contributed by atoms with van der Waals surface area (Å²) < 4.78 is 13.6. The van der Waals surface area contributed by atoms with Crippen molar-refractivity contribution in [1.29, 1.82) is 0 Å². The van der Waals surface area contributed by atoms with E-state index in [1.807, 2.05) is 18.2 Å². The molecule has 0 aliphatic heterocycles. The number of carbonyl (C=O) groups excluding carboxylic acids is 1. The lowest BCUT2D eigenvalue weighted by Gasteiger charge is -2.09. The van der Waals surface area contributed by atoms with E-state index in [9.17, 15) is 14.0 Å². The molecule has 0 aliphatic carbocycles.